The summed E-state index contributed by atoms with van der Waals surface area (Å²) in [6.07, 6.45) is 5.02. The van der Waals surface area contributed by atoms with E-state index in [1.54, 1.807) is 48.6 Å². The summed E-state index contributed by atoms with van der Waals surface area (Å²) in [5.74, 6) is -2.14. The second-order valence-electron chi connectivity index (χ2n) is 9.18. The molecular weight excluding hydrogens is 587 g/mol. The largest absolute Gasteiger partial charge is 0.489 e. The van der Waals surface area contributed by atoms with Crippen LogP contribution in [0.3, 0.4) is 0 Å². The lowest BCUT2D eigenvalue weighted by molar-refractivity contribution is -0.134. The molecule has 1 aliphatic heterocycles. The standard InChI is InChI=1S/C26H33ClN4O5S.2ClH/c1-18(2)30-13-10-22(11-14-30)36-24-9-8-21(16-23(24)27)31(37(34,35)17-25(32)33)12-4-6-19-5-3-7-20(15-19)26(28)29;;/h3-9,15-16,18,22H,10-14,17H2,1-2H3,(H3,28,29)(H,32,33);2*1H/b6-4+;;. The molecule has 1 heterocycles. The number of nitrogens with zero attached hydrogens (tertiary/aromatic N) is 2. The Morgan fingerprint density at radius 3 is 2.46 bits per heavy atom. The molecule has 0 amide bonds. The number of carbonyl (C=O) groups is 1. The van der Waals surface area contributed by atoms with Crippen LogP contribution in [0.2, 0.25) is 5.02 Å². The number of piperidine rings is 1. The molecule has 13 heteroatoms. The zero-order chi connectivity index (χ0) is 27.2. The number of aliphatic carboxylic acids is 1. The summed E-state index contributed by atoms with van der Waals surface area (Å²) in [6, 6.07) is 12.1. The highest BCUT2D eigenvalue weighted by Crippen LogP contribution is 2.33. The second-order valence-corrected chi connectivity index (χ2v) is 11.5. The van der Waals surface area contributed by atoms with Gasteiger partial charge in [0.2, 0.25) is 10.0 Å². The fraction of sp³-hybridized carbons (Fsp3) is 0.385. The fourth-order valence-corrected chi connectivity index (χ4v) is 5.57. The van der Waals surface area contributed by atoms with Crippen LogP contribution in [0.4, 0.5) is 5.69 Å². The third-order valence-corrected chi connectivity index (χ3v) is 8.06. The van der Waals surface area contributed by atoms with E-state index in [-0.39, 0.29) is 54.0 Å². The van der Waals surface area contributed by atoms with Crippen molar-refractivity contribution in [1.82, 2.24) is 4.90 Å². The van der Waals surface area contributed by atoms with Gasteiger partial charge in [0.25, 0.3) is 0 Å². The number of anilines is 1. The molecule has 1 fully saturated rings. The highest BCUT2D eigenvalue weighted by atomic mass is 35.5. The molecule has 0 bridgehead atoms. The highest BCUT2D eigenvalue weighted by Gasteiger charge is 2.27. The maximum absolute atomic E-state index is 12.9. The van der Waals surface area contributed by atoms with Gasteiger partial charge in [0.05, 0.1) is 17.3 Å². The molecule has 0 unspecified atom stereocenters. The fourth-order valence-electron chi connectivity index (χ4n) is 4.14. The van der Waals surface area contributed by atoms with E-state index in [4.69, 9.17) is 32.6 Å². The Morgan fingerprint density at radius 2 is 1.90 bits per heavy atom. The average molecular weight is 622 g/mol. The normalized spacial score (nSPS) is 14.5. The zero-order valence-electron chi connectivity index (χ0n) is 21.7. The van der Waals surface area contributed by atoms with E-state index in [1.807, 2.05) is 0 Å². The number of carboxylic acid groups (broad SMARTS) is 1. The van der Waals surface area contributed by atoms with E-state index >= 15 is 0 Å². The van der Waals surface area contributed by atoms with Crippen LogP contribution in [0, 0.1) is 5.41 Å². The maximum Gasteiger partial charge on any atom is 0.320 e. The minimum absolute atomic E-state index is 0. The Bertz CT molecular complexity index is 1270. The van der Waals surface area contributed by atoms with E-state index in [1.165, 1.54) is 6.07 Å². The predicted molar refractivity (Wildman–Crippen MR) is 162 cm³/mol. The molecule has 1 saturated heterocycles. The molecule has 2 aromatic carbocycles. The number of amidine groups is 1. The van der Waals surface area contributed by atoms with Gasteiger partial charge < -0.3 is 20.5 Å². The molecule has 0 spiro atoms. The van der Waals surface area contributed by atoms with Crippen LogP contribution >= 0.6 is 36.4 Å². The first kappa shape index (κ1) is 34.5. The number of halogens is 3. The Labute approximate surface area is 247 Å². The number of nitrogens with two attached hydrogens (primary N) is 1. The van der Waals surface area contributed by atoms with E-state index in [9.17, 15) is 13.2 Å². The Balaban J connectivity index is 0.00000380. The number of likely N-dealkylation sites (tertiary alicyclic amines) is 1. The molecular formula is C26H35Cl3N4O5S. The SMILES string of the molecule is CC(C)N1CCC(Oc2ccc(N(C/C=C/c3cccc(C(=N)N)c3)S(=O)(=O)CC(=O)O)cc2Cl)CC1.Cl.Cl. The summed E-state index contributed by atoms with van der Waals surface area (Å²) in [7, 11) is -4.20. The van der Waals surface area contributed by atoms with Crippen LogP contribution < -0.4 is 14.8 Å². The van der Waals surface area contributed by atoms with Crippen LogP contribution in [0.15, 0.2) is 48.5 Å². The number of benzene rings is 2. The molecule has 4 N–H and O–H groups in total. The van der Waals surface area contributed by atoms with Gasteiger partial charge in [0.15, 0.2) is 5.75 Å². The average Bonchev–Trinajstić information content (AvgIpc) is 2.83. The molecule has 1 aliphatic rings. The van der Waals surface area contributed by atoms with E-state index in [0.717, 1.165) is 30.2 Å². The minimum Gasteiger partial charge on any atom is -0.489 e. The van der Waals surface area contributed by atoms with Gasteiger partial charge in [0.1, 0.15) is 17.7 Å². The van der Waals surface area contributed by atoms with Gasteiger partial charge in [-0.25, -0.2) is 8.42 Å². The van der Waals surface area contributed by atoms with Crippen molar-refractivity contribution in [3.8, 4) is 5.75 Å². The first-order chi connectivity index (χ1) is 17.5. The van der Waals surface area contributed by atoms with Gasteiger partial charge >= 0.3 is 5.97 Å². The number of nitrogens with one attached hydrogen (secondary N) is 1. The van der Waals surface area contributed by atoms with Crippen molar-refractivity contribution in [2.24, 2.45) is 5.73 Å². The minimum atomic E-state index is -4.20. The summed E-state index contributed by atoms with van der Waals surface area (Å²) in [5.41, 5.74) is 7.02. The molecule has 216 valence electrons. The third-order valence-electron chi connectivity index (χ3n) is 6.12. The van der Waals surface area contributed by atoms with E-state index in [0.29, 0.717) is 22.9 Å². The Morgan fingerprint density at radius 1 is 1.23 bits per heavy atom. The van der Waals surface area contributed by atoms with Crippen molar-refractivity contribution in [2.45, 2.75) is 38.8 Å². The van der Waals surface area contributed by atoms with E-state index in [2.05, 4.69) is 18.7 Å². The smallest absolute Gasteiger partial charge is 0.320 e. The van der Waals surface area contributed by atoms with Crippen molar-refractivity contribution >= 4 is 70.0 Å². The molecule has 0 saturated carbocycles. The maximum atomic E-state index is 12.9. The van der Waals surface area contributed by atoms with Crippen molar-refractivity contribution in [1.29, 1.82) is 5.41 Å². The van der Waals surface area contributed by atoms with E-state index < -0.39 is 21.7 Å². The van der Waals surface area contributed by atoms with Gasteiger partial charge in [-0.1, -0.05) is 42.0 Å². The van der Waals surface area contributed by atoms with Crippen LogP contribution in [0.5, 0.6) is 5.75 Å². The number of rotatable bonds is 11. The van der Waals surface area contributed by atoms with Crippen molar-refractivity contribution in [2.75, 3.05) is 29.7 Å². The molecule has 0 atom stereocenters. The summed E-state index contributed by atoms with van der Waals surface area (Å²) < 4.78 is 32.9. The number of carboxylic acids is 1. The van der Waals surface area contributed by atoms with Gasteiger partial charge in [-0.15, -0.1) is 24.8 Å². The number of sulfonamides is 1. The molecule has 3 rings (SSSR count). The molecule has 0 aromatic heterocycles. The summed E-state index contributed by atoms with van der Waals surface area (Å²) in [5, 5.41) is 17.0. The highest BCUT2D eigenvalue weighted by molar-refractivity contribution is 7.93. The van der Waals surface area contributed by atoms with Crippen LogP contribution in [0.1, 0.15) is 37.8 Å². The molecule has 9 nitrogen and oxygen atoms in total. The second kappa shape index (κ2) is 15.3. The predicted octanol–water partition coefficient (Wildman–Crippen LogP) is 4.65. The van der Waals surface area contributed by atoms with Crippen molar-refractivity contribution in [3.05, 3.63) is 64.7 Å². The topological polar surface area (TPSA) is 137 Å². The molecule has 2 aromatic rings. The number of ether oxygens (including phenoxy) is 1. The number of hydrogen-bond acceptors (Lipinski definition) is 6. The van der Waals surface area contributed by atoms with Crippen molar-refractivity contribution in [3.63, 3.8) is 0 Å². The zero-order valence-corrected chi connectivity index (χ0v) is 25.0. The lowest BCUT2D eigenvalue weighted by atomic mass is 10.1. The third kappa shape index (κ3) is 9.88. The summed E-state index contributed by atoms with van der Waals surface area (Å²) in [6.45, 7) is 6.07. The Kier molecular flexibility index (Phi) is 13.6. The van der Waals surface area contributed by atoms with Crippen LogP contribution in [0.25, 0.3) is 6.08 Å². The number of hydrogen-bond donors (Lipinski definition) is 3. The summed E-state index contributed by atoms with van der Waals surface area (Å²) >= 11 is 6.48. The van der Waals surface area contributed by atoms with Gasteiger partial charge in [-0.3, -0.25) is 14.5 Å². The van der Waals surface area contributed by atoms with Gasteiger partial charge in [-0.05, 0) is 56.5 Å². The number of nitrogen functional groups attached to an aromatic ring is 1. The van der Waals surface area contributed by atoms with Crippen molar-refractivity contribution < 1.29 is 23.1 Å². The lowest BCUT2D eigenvalue weighted by Gasteiger charge is -2.34. The summed E-state index contributed by atoms with van der Waals surface area (Å²) in [4.78, 5) is 13.6. The molecule has 39 heavy (non-hydrogen) atoms. The first-order valence-corrected chi connectivity index (χ1v) is 14.0. The quantitative estimate of drug-likeness (QED) is 0.245. The molecule has 0 aliphatic carbocycles. The molecule has 0 radical (unpaired) electrons. The first-order valence-electron chi connectivity index (χ1n) is 12.0. The lowest BCUT2D eigenvalue weighted by Crippen LogP contribution is -2.41. The van der Waals surface area contributed by atoms with Gasteiger partial charge in [-0.2, -0.15) is 0 Å². The Hall–Kier alpha value is -2.50. The van der Waals surface area contributed by atoms with Crippen LogP contribution in [-0.4, -0.2) is 67.8 Å². The monoisotopic (exact) mass is 620 g/mol. The van der Waals surface area contributed by atoms with Gasteiger partial charge in [0, 0.05) is 24.7 Å². The van der Waals surface area contributed by atoms with Crippen LogP contribution in [-0.2, 0) is 14.8 Å².